The van der Waals surface area contributed by atoms with Crippen LogP contribution in [0, 0.1) is 5.41 Å². The summed E-state index contributed by atoms with van der Waals surface area (Å²) in [6, 6.07) is 0.415. The SMILES string of the molecule is CC1CCCN1C(=O)N1CCC(C)(C(=O)O)CC1. The summed E-state index contributed by atoms with van der Waals surface area (Å²) < 4.78 is 0. The molecule has 0 aliphatic carbocycles. The first-order valence-electron chi connectivity index (χ1n) is 6.73. The lowest BCUT2D eigenvalue weighted by atomic mass is 9.80. The molecule has 1 atom stereocenters. The number of hydrogen-bond donors (Lipinski definition) is 1. The summed E-state index contributed by atoms with van der Waals surface area (Å²) in [5, 5.41) is 9.16. The fourth-order valence-electron chi connectivity index (χ4n) is 2.80. The smallest absolute Gasteiger partial charge is 0.320 e. The van der Waals surface area contributed by atoms with Crippen LogP contribution >= 0.6 is 0 Å². The summed E-state index contributed by atoms with van der Waals surface area (Å²) in [5.41, 5.74) is -0.659. The summed E-state index contributed by atoms with van der Waals surface area (Å²) in [6.07, 6.45) is 3.26. The van der Waals surface area contributed by atoms with E-state index in [-0.39, 0.29) is 6.03 Å². The first-order chi connectivity index (χ1) is 8.44. The Bertz CT molecular complexity index is 348. The van der Waals surface area contributed by atoms with E-state index in [9.17, 15) is 9.59 Å². The predicted octanol–water partition coefficient (Wildman–Crippen LogP) is 1.78. The Labute approximate surface area is 108 Å². The number of carbonyl (C=O) groups is 2. The topological polar surface area (TPSA) is 60.9 Å². The molecule has 0 spiro atoms. The van der Waals surface area contributed by atoms with Gasteiger partial charge in [-0.2, -0.15) is 0 Å². The highest BCUT2D eigenvalue weighted by Gasteiger charge is 2.39. The van der Waals surface area contributed by atoms with Crippen molar-refractivity contribution >= 4 is 12.0 Å². The molecule has 0 radical (unpaired) electrons. The Morgan fingerprint density at radius 1 is 1.22 bits per heavy atom. The maximum atomic E-state index is 12.3. The van der Waals surface area contributed by atoms with Crippen molar-refractivity contribution < 1.29 is 14.7 Å². The number of amides is 2. The molecule has 2 heterocycles. The Balaban J connectivity index is 1.93. The number of aliphatic carboxylic acids is 1. The molecule has 0 bridgehead atoms. The third-order valence-electron chi connectivity index (χ3n) is 4.45. The first kappa shape index (κ1) is 13.2. The van der Waals surface area contributed by atoms with Crippen molar-refractivity contribution in [2.45, 2.75) is 45.6 Å². The highest BCUT2D eigenvalue weighted by Crippen LogP contribution is 2.32. The molecule has 2 fully saturated rings. The molecule has 0 aromatic carbocycles. The van der Waals surface area contributed by atoms with Gasteiger partial charge in [0, 0.05) is 25.7 Å². The van der Waals surface area contributed by atoms with Gasteiger partial charge in [-0.15, -0.1) is 0 Å². The van der Waals surface area contributed by atoms with E-state index in [2.05, 4.69) is 6.92 Å². The second-order valence-electron chi connectivity index (χ2n) is 5.82. The predicted molar refractivity (Wildman–Crippen MR) is 67.3 cm³/mol. The van der Waals surface area contributed by atoms with Crippen LogP contribution in [-0.2, 0) is 4.79 Å². The van der Waals surface area contributed by atoms with E-state index in [4.69, 9.17) is 5.11 Å². The third-order valence-corrected chi connectivity index (χ3v) is 4.45. The van der Waals surface area contributed by atoms with Gasteiger partial charge in [-0.25, -0.2) is 4.79 Å². The quantitative estimate of drug-likeness (QED) is 0.776. The molecule has 2 saturated heterocycles. The molecule has 5 heteroatoms. The Morgan fingerprint density at radius 2 is 1.83 bits per heavy atom. The number of likely N-dealkylation sites (tertiary alicyclic amines) is 2. The summed E-state index contributed by atoms with van der Waals surface area (Å²) in [7, 11) is 0. The molecule has 2 rings (SSSR count). The molecule has 2 aliphatic heterocycles. The minimum absolute atomic E-state index is 0.0902. The van der Waals surface area contributed by atoms with Crippen molar-refractivity contribution in [3.8, 4) is 0 Å². The largest absolute Gasteiger partial charge is 0.481 e. The second kappa shape index (κ2) is 4.78. The van der Waals surface area contributed by atoms with E-state index in [1.807, 2.05) is 9.80 Å². The summed E-state index contributed by atoms with van der Waals surface area (Å²) in [6.45, 7) is 5.81. The molecule has 102 valence electrons. The average molecular weight is 254 g/mol. The van der Waals surface area contributed by atoms with E-state index in [0.29, 0.717) is 32.0 Å². The van der Waals surface area contributed by atoms with E-state index >= 15 is 0 Å². The average Bonchev–Trinajstić information content (AvgIpc) is 2.75. The fraction of sp³-hybridized carbons (Fsp3) is 0.846. The van der Waals surface area contributed by atoms with Crippen LogP contribution in [0.3, 0.4) is 0 Å². The van der Waals surface area contributed by atoms with Crippen molar-refractivity contribution in [1.29, 1.82) is 0 Å². The summed E-state index contributed by atoms with van der Waals surface area (Å²) in [5.74, 6) is -0.746. The van der Waals surface area contributed by atoms with E-state index in [1.165, 1.54) is 0 Å². The molecule has 0 saturated carbocycles. The fourth-order valence-corrected chi connectivity index (χ4v) is 2.80. The van der Waals surface area contributed by atoms with Gasteiger partial charge in [0.15, 0.2) is 0 Å². The monoisotopic (exact) mass is 254 g/mol. The van der Waals surface area contributed by atoms with Crippen LogP contribution in [0.1, 0.15) is 39.5 Å². The van der Waals surface area contributed by atoms with Gasteiger partial charge in [0.1, 0.15) is 0 Å². The number of carboxylic acids is 1. The molecule has 2 aliphatic rings. The van der Waals surface area contributed by atoms with Crippen LogP contribution in [0.5, 0.6) is 0 Å². The Morgan fingerprint density at radius 3 is 2.28 bits per heavy atom. The van der Waals surface area contributed by atoms with Gasteiger partial charge >= 0.3 is 12.0 Å². The van der Waals surface area contributed by atoms with Crippen molar-refractivity contribution in [2.75, 3.05) is 19.6 Å². The zero-order valence-electron chi connectivity index (χ0n) is 11.2. The van der Waals surface area contributed by atoms with Gasteiger partial charge in [-0.05, 0) is 39.5 Å². The normalized spacial score (nSPS) is 27.3. The standard InChI is InChI=1S/C13H22N2O3/c1-10-4-3-7-15(10)12(18)14-8-5-13(2,6-9-14)11(16)17/h10H,3-9H2,1-2H3,(H,16,17). The molecule has 1 unspecified atom stereocenters. The zero-order chi connectivity index (χ0) is 13.3. The number of hydrogen-bond acceptors (Lipinski definition) is 2. The minimum Gasteiger partial charge on any atom is -0.481 e. The second-order valence-corrected chi connectivity index (χ2v) is 5.82. The van der Waals surface area contributed by atoms with E-state index in [1.54, 1.807) is 6.92 Å². The highest BCUT2D eigenvalue weighted by molar-refractivity contribution is 5.77. The van der Waals surface area contributed by atoms with Crippen molar-refractivity contribution in [1.82, 2.24) is 9.80 Å². The number of carboxylic acid groups (broad SMARTS) is 1. The molecule has 0 aromatic rings. The lowest BCUT2D eigenvalue weighted by molar-refractivity contribution is -0.150. The molecule has 0 aromatic heterocycles. The number of nitrogens with zero attached hydrogens (tertiary/aromatic N) is 2. The maximum Gasteiger partial charge on any atom is 0.320 e. The zero-order valence-corrected chi connectivity index (χ0v) is 11.2. The molecular formula is C13H22N2O3. The molecule has 2 amide bonds. The number of carbonyl (C=O) groups excluding carboxylic acids is 1. The van der Waals surface area contributed by atoms with Crippen molar-refractivity contribution in [3.63, 3.8) is 0 Å². The van der Waals surface area contributed by atoms with Crippen molar-refractivity contribution in [3.05, 3.63) is 0 Å². The number of urea groups is 1. The highest BCUT2D eigenvalue weighted by atomic mass is 16.4. The van der Waals surface area contributed by atoms with Gasteiger partial charge in [0.25, 0.3) is 0 Å². The van der Waals surface area contributed by atoms with Crippen LogP contribution in [0.15, 0.2) is 0 Å². The van der Waals surface area contributed by atoms with Gasteiger partial charge in [0.05, 0.1) is 5.41 Å². The van der Waals surface area contributed by atoms with Gasteiger partial charge in [-0.3, -0.25) is 4.79 Å². The van der Waals surface area contributed by atoms with Crippen LogP contribution in [-0.4, -0.2) is 52.6 Å². The van der Waals surface area contributed by atoms with Crippen LogP contribution in [0.4, 0.5) is 4.79 Å². The lowest BCUT2D eigenvalue weighted by Crippen LogP contribution is -2.50. The third kappa shape index (κ3) is 2.31. The van der Waals surface area contributed by atoms with Crippen molar-refractivity contribution in [2.24, 2.45) is 5.41 Å². The summed E-state index contributed by atoms with van der Waals surface area (Å²) in [4.78, 5) is 27.2. The summed E-state index contributed by atoms with van der Waals surface area (Å²) >= 11 is 0. The van der Waals surface area contributed by atoms with Crippen LogP contribution < -0.4 is 0 Å². The number of piperidine rings is 1. The van der Waals surface area contributed by atoms with E-state index < -0.39 is 11.4 Å². The lowest BCUT2D eigenvalue weighted by Gasteiger charge is -2.38. The van der Waals surface area contributed by atoms with Gasteiger partial charge in [0.2, 0.25) is 0 Å². The minimum atomic E-state index is -0.746. The number of rotatable bonds is 1. The molecule has 1 N–H and O–H groups in total. The molecule has 5 nitrogen and oxygen atoms in total. The van der Waals surface area contributed by atoms with E-state index in [0.717, 1.165) is 19.4 Å². The van der Waals surface area contributed by atoms with Gasteiger partial charge < -0.3 is 14.9 Å². The molecule has 18 heavy (non-hydrogen) atoms. The van der Waals surface area contributed by atoms with Crippen LogP contribution in [0.25, 0.3) is 0 Å². The Hall–Kier alpha value is -1.26. The van der Waals surface area contributed by atoms with Gasteiger partial charge in [-0.1, -0.05) is 0 Å². The first-order valence-corrected chi connectivity index (χ1v) is 6.73. The Kier molecular flexibility index (Phi) is 3.50. The van der Waals surface area contributed by atoms with Crippen LogP contribution in [0.2, 0.25) is 0 Å². The maximum absolute atomic E-state index is 12.3. The molecular weight excluding hydrogens is 232 g/mol.